The fourth-order valence-corrected chi connectivity index (χ4v) is 2.51. The van der Waals surface area contributed by atoms with Gasteiger partial charge in [-0.25, -0.2) is 0 Å². The quantitative estimate of drug-likeness (QED) is 0.861. The van der Waals surface area contributed by atoms with Crippen LogP contribution < -0.4 is 4.74 Å². The molecule has 0 atom stereocenters. The van der Waals surface area contributed by atoms with Gasteiger partial charge >= 0.3 is 0 Å². The Hall–Kier alpha value is -1.85. The zero-order chi connectivity index (χ0) is 14.7. The molecule has 1 fully saturated rings. The highest BCUT2D eigenvalue weighted by molar-refractivity contribution is 5.59. The minimum atomic E-state index is 0.830. The third-order valence-electron chi connectivity index (χ3n) is 3.92. The Morgan fingerprint density at radius 1 is 1.14 bits per heavy atom. The van der Waals surface area contributed by atoms with Crippen molar-refractivity contribution >= 4 is 0 Å². The van der Waals surface area contributed by atoms with Gasteiger partial charge in [0.2, 0.25) is 0 Å². The van der Waals surface area contributed by atoms with E-state index in [0.29, 0.717) is 0 Å². The average molecular weight is 287 g/mol. The summed E-state index contributed by atoms with van der Waals surface area (Å²) in [6.45, 7) is 5.21. The largest absolute Gasteiger partial charge is 0.497 e. The van der Waals surface area contributed by atoms with Crippen LogP contribution in [0.3, 0.4) is 0 Å². The predicted octanol–water partition coefficient (Wildman–Crippen LogP) is 2.10. The summed E-state index contributed by atoms with van der Waals surface area (Å²) in [7, 11) is 3.83. The predicted molar refractivity (Wildman–Crippen MR) is 81.3 cm³/mol. The second-order valence-electron chi connectivity index (χ2n) is 5.49. The topological polar surface area (TPSA) is 41.7 Å². The molecule has 1 aliphatic rings. The van der Waals surface area contributed by atoms with Crippen molar-refractivity contribution in [1.82, 2.24) is 15.0 Å². The Balaban J connectivity index is 1.65. The van der Waals surface area contributed by atoms with Crippen LogP contribution in [0.4, 0.5) is 0 Å². The van der Waals surface area contributed by atoms with Crippen molar-refractivity contribution in [3.8, 4) is 17.0 Å². The highest BCUT2D eigenvalue weighted by Gasteiger charge is 2.16. The normalized spacial score (nSPS) is 17.0. The van der Waals surface area contributed by atoms with E-state index in [1.165, 1.54) is 0 Å². The van der Waals surface area contributed by atoms with Crippen LogP contribution in [0.1, 0.15) is 5.76 Å². The third kappa shape index (κ3) is 3.43. The summed E-state index contributed by atoms with van der Waals surface area (Å²) in [5, 5.41) is 4.17. The van der Waals surface area contributed by atoms with Crippen molar-refractivity contribution < 1.29 is 9.26 Å². The second-order valence-corrected chi connectivity index (χ2v) is 5.49. The lowest BCUT2D eigenvalue weighted by Gasteiger charge is -2.31. The molecule has 0 bridgehead atoms. The van der Waals surface area contributed by atoms with Crippen molar-refractivity contribution in [3.05, 3.63) is 36.1 Å². The first-order valence-electron chi connectivity index (χ1n) is 7.25. The summed E-state index contributed by atoms with van der Waals surface area (Å²) in [4.78, 5) is 4.75. The number of benzene rings is 1. The molecular formula is C16H21N3O2. The number of hydrogen-bond donors (Lipinski definition) is 0. The standard InChI is InChI=1S/C16H21N3O2/c1-18-7-9-19(10-8-18)12-15-11-16(17-21-15)13-3-5-14(20-2)6-4-13/h3-6,11H,7-10,12H2,1-2H3. The molecule has 5 nitrogen and oxygen atoms in total. The smallest absolute Gasteiger partial charge is 0.151 e. The average Bonchev–Trinajstić information content (AvgIpc) is 2.98. The second kappa shape index (κ2) is 6.28. The molecule has 3 rings (SSSR count). The van der Waals surface area contributed by atoms with Gasteiger partial charge in [0.15, 0.2) is 5.76 Å². The molecule has 1 aromatic carbocycles. The van der Waals surface area contributed by atoms with E-state index in [9.17, 15) is 0 Å². The van der Waals surface area contributed by atoms with Crippen molar-refractivity contribution in [2.45, 2.75) is 6.54 Å². The monoisotopic (exact) mass is 287 g/mol. The fourth-order valence-electron chi connectivity index (χ4n) is 2.51. The summed E-state index contributed by atoms with van der Waals surface area (Å²) in [6, 6.07) is 9.89. The molecule has 2 aromatic rings. The fraction of sp³-hybridized carbons (Fsp3) is 0.438. The van der Waals surface area contributed by atoms with E-state index in [0.717, 1.165) is 55.5 Å². The lowest BCUT2D eigenvalue weighted by molar-refractivity contribution is 0.137. The van der Waals surface area contributed by atoms with Crippen LogP contribution in [0.2, 0.25) is 0 Å². The number of piperazine rings is 1. The zero-order valence-corrected chi connectivity index (χ0v) is 12.6. The molecule has 21 heavy (non-hydrogen) atoms. The molecule has 2 heterocycles. The van der Waals surface area contributed by atoms with Crippen LogP contribution in [-0.2, 0) is 6.54 Å². The molecule has 1 aromatic heterocycles. The maximum absolute atomic E-state index is 5.47. The number of hydrogen-bond acceptors (Lipinski definition) is 5. The molecule has 0 amide bonds. The van der Waals surface area contributed by atoms with Crippen molar-refractivity contribution in [3.63, 3.8) is 0 Å². The van der Waals surface area contributed by atoms with E-state index in [1.54, 1.807) is 7.11 Å². The van der Waals surface area contributed by atoms with E-state index in [4.69, 9.17) is 9.26 Å². The van der Waals surface area contributed by atoms with Gasteiger partial charge in [-0.1, -0.05) is 5.16 Å². The van der Waals surface area contributed by atoms with Crippen molar-refractivity contribution in [2.24, 2.45) is 0 Å². The molecule has 0 aliphatic carbocycles. The first kappa shape index (κ1) is 14.1. The van der Waals surface area contributed by atoms with Gasteiger partial charge in [-0.15, -0.1) is 0 Å². The van der Waals surface area contributed by atoms with E-state index in [-0.39, 0.29) is 0 Å². The van der Waals surface area contributed by atoms with Gasteiger partial charge in [-0.2, -0.15) is 0 Å². The molecule has 0 unspecified atom stereocenters. The van der Waals surface area contributed by atoms with Gasteiger partial charge in [0, 0.05) is 37.8 Å². The molecule has 1 saturated heterocycles. The van der Waals surface area contributed by atoms with Crippen LogP contribution in [0.25, 0.3) is 11.3 Å². The lowest BCUT2D eigenvalue weighted by atomic mass is 10.1. The molecule has 1 aliphatic heterocycles. The van der Waals surface area contributed by atoms with Gasteiger partial charge in [0.1, 0.15) is 11.4 Å². The number of rotatable bonds is 4. The molecular weight excluding hydrogens is 266 g/mol. The number of methoxy groups -OCH3 is 1. The molecule has 5 heteroatoms. The number of ether oxygens (including phenoxy) is 1. The SMILES string of the molecule is COc1ccc(-c2cc(CN3CCN(C)CC3)on2)cc1. The molecule has 112 valence electrons. The Labute approximate surface area is 125 Å². The van der Waals surface area contributed by atoms with E-state index in [1.807, 2.05) is 30.3 Å². The maximum Gasteiger partial charge on any atom is 0.151 e. The lowest BCUT2D eigenvalue weighted by Crippen LogP contribution is -2.43. The summed E-state index contributed by atoms with van der Waals surface area (Å²) < 4.78 is 10.6. The van der Waals surface area contributed by atoms with Gasteiger partial charge in [-0.05, 0) is 31.3 Å². The number of nitrogens with zero attached hydrogens (tertiary/aromatic N) is 3. The summed E-state index contributed by atoms with van der Waals surface area (Å²) in [5.74, 6) is 1.77. The van der Waals surface area contributed by atoms with Crippen LogP contribution in [-0.4, -0.2) is 55.3 Å². The highest BCUT2D eigenvalue weighted by Crippen LogP contribution is 2.22. The van der Waals surface area contributed by atoms with Crippen LogP contribution in [0, 0.1) is 0 Å². The minimum Gasteiger partial charge on any atom is -0.497 e. The maximum atomic E-state index is 5.47. The van der Waals surface area contributed by atoms with Gasteiger partial charge in [0.05, 0.1) is 13.7 Å². The summed E-state index contributed by atoms with van der Waals surface area (Å²) in [6.07, 6.45) is 0. The van der Waals surface area contributed by atoms with Crippen LogP contribution in [0.5, 0.6) is 5.75 Å². The van der Waals surface area contributed by atoms with Gasteiger partial charge < -0.3 is 14.2 Å². The van der Waals surface area contributed by atoms with Crippen LogP contribution in [0.15, 0.2) is 34.9 Å². The first-order chi connectivity index (χ1) is 10.2. The van der Waals surface area contributed by atoms with Crippen LogP contribution >= 0.6 is 0 Å². The van der Waals surface area contributed by atoms with Gasteiger partial charge in [-0.3, -0.25) is 4.90 Å². The van der Waals surface area contributed by atoms with Gasteiger partial charge in [0.25, 0.3) is 0 Å². The zero-order valence-electron chi connectivity index (χ0n) is 12.6. The Morgan fingerprint density at radius 3 is 2.52 bits per heavy atom. The van der Waals surface area contributed by atoms with E-state index in [2.05, 4.69) is 22.0 Å². The summed E-state index contributed by atoms with van der Waals surface area (Å²) in [5.41, 5.74) is 1.92. The Morgan fingerprint density at radius 2 is 1.86 bits per heavy atom. The number of aromatic nitrogens is 1. The minimum absolute atomic E-state index is 0.830. The molecule has 0 spiro atoms. The Kier molecular flexibility index (Phi) is 4.22. The molecule has 0 radical (unpaired) electrons. The molecule has 0 saturated carbocycles. The summed E-state index contributed by atoms with van der Waals surface area (Å²) >= 11 is 0. The third-order valence-corrected chi connectivity index (χ3v) is 3.92. The van der Waals surface area contributed by atoms with Crippen molar-refractivity contribution in [1.29, 1.82) is 0 Å². The van der Waals surface area contributed by atoms with E-state index >= 15 is 0 Å². The van der Waals surface area contributed by atoms with E-state index < -0.39 is 0 Å². The number of likely N-dealkylation sites (N-methyl/N-ethyl adjacent to an activating group) is 1. The Bertz CT molecular complexity index is 571. The highest BCUT2D eigenvalue weighted by atomic mass is 16.5. The van der Waals surface area contributed by atoms with Crippen molar-refractivity contribution in [2.75, 3.05) is 40.3 Å². The molecule has 0 N–H and O–H groups in total. The first-order valence-corrected chi connectivity index (χ1v) is 7.25.